The van der Waals surface area contributed by atoms with Crippen LogP contribution >= 0.6 is 23.2 Å². The van der Waals surface area contributed by atoms with Crippen molar-refractivity contribution in [2.45, 2.75) is 50.9 Å². The van der Waals surface area contributed by atoms with Gasteiger partial charge in [0.15, 0.2) is 0 Å². The van der Waals surface area contributed by atoms with E-state index in [0.29, 0.717) is 21.0 Å². The van der Waals surface area contributed by atoms with E-state index in [1.807, 2.05) is 0 Å². The maximum absolute atomic E-state index is 14.0. The molecule has 3 aromatic carbocycles. The van der Waals surface area contributed by atoms with Crippen molar-refractivity contribution in [3.63, 3.8) is 0 Å². The molecule has 0 aliphatic rings. The summed E-state index contributed by atoms with van der Waals surface area (Å²) >= 11 is 11.8. The molecular formula is C29H30Cl2F3N3O4S. The Balaban J connectivity index is 2.14. The number of aryl methyl sites for hydroxylation is 1. The van der Waals surface area contributed by atoms with Gasteiger partial charge in [0, 0.05) is 18.1 Å². The number of carbonyl (C=O) groups excluding carboxylic acids is 2. The number of halogens is 5. The summed E-state index contributed by atoms with van der Waals surface area (Å²) in [6, 6.07) is 13.8. The predicted molar refractivity (Wildman–Crippen MR) is 157 cm³/mol. The standard InChI is InChI=1S/C29H30Cl2F3N3O4S/c1-4-26(28(39)35-5-2)36(17-20-8-10-21(30)11-9-20)27(38)18-37(42(40,41)23-13-6-19(3)7-14-23)22-12-15-25(31)24(16-22)29(32,33)34/h6-16,26H,4-5,17-18H2,1-3H3,(H,35,39). The lowest BCUT2D eigenvalue weighted by Gasteiger charge is -2.33. The van der Waals surface area contributed by atoms with Crippen molar-refractivity contribution in [1.29, 1.82) is 0 Å². The van der Waals surface area contributed by atoms with Crippen molar-refractivity contribution in [3.05, 3.63) is 93.5 Å². The van der Waals surface area contributed by atoms with E-state index >= 15 is 0 Å². The van der Waals surface area contributed by atoms with E-state index in [1.54, 1.807) is 45.0 Å². The zero-order valence-corrected chi connectivity index (χ0v) is 25.4. The Kier molecular flexibility index (Phi) is 10.9. The van der Waals surface area contributed by atoms with Gasteiger partial charge in [-0.05, 0) is 68.3 Å². The van der Waals surface area contributed by atoms with Gasteiger partial charge in [-0.15, -0.1) is 0 Å². The molecule has 3 rings (SSSR count). The van der Waals surface area contributed by atoms with E-state index < -0.39 is 56.9 Å². The molecular weight excluding hydrogens is 614 g/mol. The molecule has 0 saturated carbocycles. The van der Waals surface area contributed by atoms with Crippen LogP contribution in [0.2, 0.25) is 10.0 Å². The molecule has 1 unspecified atom stereocenters. The molecule has 0 spiro atoms. The fraction of sp³-hybridized carbons (Fsp3) is 0.310. The van der Waals surface area contributed by atoms with Crippen LogP contribution in [0.5, 0.6) is 0 Å². The number of hydrogen-bond acceptors (Lipinski definition) is 4. The number of nitrogens with zero attached hydrogens (tertiary/aromatic N) is 2. The van der Waals surface area contributed by atoms with Crippen molar-refractivity contribution in [2.24, 2.45) is 0 Å². The summed E-state index contributed by atoms with van der Waals surface area (Å²) in [7, 11) is -4.56. The molecule has 0 aliphatic heterocycles. The van der Waals surface area contributed by atoms with Gasteiger partial charge in [0.25, 0.3) is 10.0 Å². The van der Waals surface area contributed by atoms with Gasteiger partial charge < -0.3 is 10.2 Å². The Labute approximate surface area is 253 Å². The normalized spacial score (nSPS) is 12.5. The first kappa shape index (κ1) is 33.2. The molecule has 0 radical (unpaired) electrons. The maximum Gasteiger partial charge on any atom is 0.417 e. The lowest BCUT2D eigenvalue weighted by Crippen LogP contribution is -2.52. The average molecular weight is 645 g/mol. The summed E-state index contributed by atoms with van der Waals surface area (Å²) in [5, 5.41) is 2.50. The lowest BCUT2D eigenvalue weighted by molar-refractivity contribution is -0.140. The van der Waals surface area contributed by atoms with Crippen LogP contribution < -0.4 is 9.62 Å². The maximum atomic E-state index is 14.0. The molecule has 13 heteroatoms. The smallest absolute Gasteiger partial charge is 0.355 e. The van der Waals surface area contributed by atoms with E-state index in [-0.39, 0.29) is 24.4 Å². The van der Waals surface area contributed by atoms with Crippen molar-refractivity contribution in [3.8, 4) is 0 Å². The molecule has 3 aromatic rings. The molecule has 0 fully saturated rings. The van der Waals surface area contributed by atoms with Crippen LogP contribution in [0.15, 0.2) is 71.6 Å². The number of anilines is 1. The average Bonchev–Trinajstić information content (AvgIpc) is 2.92. The van der Waals surface area contributed by atoms with Crippen LogP contribution in [-0.2, 0) is 32.3 Å². The first-order valence-corrected chi connectivity index (χ1v) is 15.2. The molecule has 1 atom stereocenters. The second-order valence-electron chi connectivity index (χ2n) is 9.45. The van der Waals surface area contributed by atoms with Crippen molar-refractivity contribution < 1.29 is 31.2 Å². The molecule has 0 bridgehead atoms. The highest BCUT2D eigenvalue weighted by Crippen LogP contribution is 2.38. The van der Waals surface area contributed by atoms with Crippen molar-refractivity contribution in [1.82, 2.24) is 10.2 Å². The van der Waals surface area contributed by atoms with Gasteiger partial charge >= 0.3 is 6.18 Å². The first-order valence-electron chi connectivity index (χ1n) is 13.0. The first-order chi connectivity index (χ1) is 19.7. The third-order valence-corrected chi connectivity index (χ3v) is 8.80. The Morgan fingerprint density at radius 3 is 2.12 bits per heavy atom. The van der Waals surface area contributed by atoms with E-state index in [0.717, 1.165) is 17.7 Å². The SMILES string of the molecule is CCNC(=O)C(CC)N(Cc1ccc(Cl)cc1)C(=O)CN(c1ccc(Cl)c(C(F)(F)F)c1)S(=O)(=O)c1ccc(C)cc1. The third kappa shape index (κ3) is 7.96. The van der Waals surface area contributed by atoms with Crippen LogP contribution in [0.3, 0.4) is 0 Å². The monoisotopic (exact) mass is 643 g/mol. The molecule has 0 aromatic heterocycles. The summed E-state index contributed by atoms with van der Waals surface area (Å²) in [5.74, 6) is -1.26. The largest absolute Gasteiger partial charge is 0.417 e. The van der Waals surface area contributed by atoms with Gasteiger partial charge in [0.05, 0.1) is 21.2 Å². The molecule has 7 nitrogen and oxygen atoms in total. The number of nitrogens with one attached hydrogen (secondary N) is 1. The number of benzene rings is 3. The minimum Gasteiger partial charge on any atom is -0.355 e. The van der Waals surface area contributed by atoms with E-state index in [9.17, 15) is 31.2 Å². The molecule has 226 valence electrons. The molecule has 0 saturated heterocycles. The molecule has 0 aliphatic carbocycles. The van der Waals surface area contributed by atoms with Crippen LogP contribution in [0.4, 0.5) is 18.9 Å². The fourth-order valence-corrected chi connectivity index (χ4v) is 6.01. The molecule has 0 heterocycles. The number of likely N-dealkylation sites (N-methyl/N-ethyl adjacent to an activating group) is 1. The van der Waals surface area contributed by atoms with Gasteiger partial charge in [0.2, 0.25) is 11.8 Å². The van der Waals surface area contributed by atoms with E-state index in [4.69, 9.17) is 23.2 Å². The third-order valence-electron chi connectivity index (χ3n) is 6.43. The summed E-state index contributed by atoms with van der Waals surface area (Å²) in [4.78, 5) is 27.9. The van der Waals surface area contributed by atoms with Gasteiger partial charge in [-0.1, -0.05) is 60.0 Å². The number of amides is 2. The summed E-state index contributed by atoms with van der Waals surface area (Å²) in [6.07, 6.45) is -4.70. The van der Waals surface area contributed by atoms with E-state index in [2.05, 4.69) is 5.32 Å². The molecule has 42 heavy (non-hydrogen) atoms. The van der Waals surface area contributed by atoms with Crippen LogP contribution in [0.1, 0.15) is 37.0 Å². The Morgan fingerprint density at radius 1 is 0.952 bits per heavy atom. The highest BCUT2D eigenvalue weighted by Gasteiger charge is 2.37. The zero-order chi connectivity index (χ0) is 31.2. The van der Waals surface area contributed by atoms with Gasteiger partial charge in [-0.2, -0.15) is 13.2 Å². The minimum absolute atomic E-state index is 0.0848. The number of sulfonamides is 1. The quantitative estimate of drug-likeness (QED) is 0.260. The molecule has 1 N–H and O–H groups in total. The fourth-order valence-electron chi connectivity index (χ4n) is 4.25. The topological polar surface area (TPSA) is 86.8 Å². The van der Waals surface area contributed by atoms with Gasteiger partial charge in [-0.25, -0.2) is 8.42 Å². The van der Waals surface area contributed by atoms with Gasteiger partial charge in [0.1, 0.15) is 12.6 Å². The number of carbonyl (C=O) groups is 2. The summed E-state index contributed by atoms with van der Waals surface area (Å²) < 4.78 is 69.6. The minimum atomic E-state index is -4.89. The Hall–Kier alpha value is -3.28. The number of alkyl halides is 3. The highest BCUT2D eigenvalue weighted by atomic mass is 35.5. The Bertz CT molecular complexity index is 1520. The van der Waals surface area contributed by atoms with Gasteiger partial charge in [-0.3, -0.25) is 13.9 Å². The number of hydrogen-bond donors (Lipinski definition) is 1. The van der Waals surface area contributed by atoms with Crippen LogP contribution in [-0.4, -0.2) is 44.3 Å². The van der Waals surface area contributed by atoms with Crippen LogP contribution in [0, 0.1) is 6.92 Å². The highest BCUT2D eigenvalue weighted by molar-refractivity contribution is 7.92. The molecule has 2 amide bonds. The predicted octanol–water partition coefficient (Wildman–Crippen LogP) is 6.46. The van der Waals surface area contributed by atoms with Crippen molar-refractivity contribution >= 4 is 50.7 Å². The van der Waals surface area contributed by atoms with E-state index in [1.165, 1.54) is 29.2 Å². The lowest BCUT2D eigenvalue weighted by atomic mass is 10.1. The second-order valence-corrected chi connectivity index (χ2v) is 12.2. The number of rotatable bonds is 11. The summed E-state index contributed by atoms with van der Waals surface area (Å²) in [6.45, 7) is 4.46. The van der Waals surface area contributed by atoms with Crippen LogP contribution in [0.25, 0.3) is 0 Å². The van der Waals surface area contributed by atoms with Crippen molar-refractivity contribution in [2.75, 3.05) is 17.4 Å². The second kappa shape index (κ2) is 13.8. The Morgan fingerprint density at radius 2 is 1.57 bits per heavy atom. The summed E-state index contributed by atoms with van der Waals surface area (Å²) in [5.41, 5.74) is -0.318. The zero-order valence-electron chi connectivity index (χ0n) is 23.1.